The quantitative estimate of drug-likeness (QED) is 0.809. The SMILES string of the molecule is CC1CNCC(C)CN(C(C2CC2)C2CC2)C1. The molecule has 0 radical (unpaired) electrons. The number of hydrogen-bond acceptors (Lipinski definition) is 2. The van der Waals surface area contributed by atoms with Crippen molar-refractivity contribution in [2.24, 2.45) is 23.7 Å². The number of nitrogens with one attached hydrogen (secondary N) is 1. The monoisotopic (exact) mass is 236 g/mol. The molecule has 2 unspecified atom stereocenters. The van der Waals surface area contributed by atoms with Crippen molar-refractivity contribution in [1.82, 2.24) is 10.2 Å². The van der Waals surface area contributed by atoms with Crippen LogP contribution in [0.2, 0.25) is 0 Å². The van der Waals surface area contributed by atoms with Crippen LogP contribution in [0.4, 0.5) is 0 Å². The number of hydrogen-bond donors (Lipinski definition) is 1. The summed E-state index contributed by atoms with van der Waals surface area (Å²) in [5, 5.41) is 3.61. The van der Waals surface area contributed by atoms with Crippen LogP contribution in [0.1, 0.15) is 39.5 Å². The molecule has 2 aliphatic carbocycles. The third kappa shape index (κ3) is 3.03. The molecule has 0 spiro atoms. The Morgan fingerprint density at radius 3 is 1.76 bits per heavy atom. The highest BCUT2D eigenvalue weighted by Gasteiger charge is 2.44. The Bertz CT molecular complexity index is 234. The van der Waals surface area contributed by atoms with Crippen LogP contribution >= 0.6 is 0 Å². The summed E-state index contributed by atoms with van der Waals surface area (Å²) in [4.78, 5) is 2.88. The Hall–Kier alpha value is -0.0800. The van der Waals surface area contributed by atoms with Crippen molar-refractivity contribution < 1.29 is 0 Å². The highest BCUT2D eigenvalue weighted by Crippen LogP contribution is 2.47. The first-order valence-electron chi connectivity index (χ1n) is 7.69. The van der Waals surface area contributed by atoms with Gasteiger partial charge in [-0.25, -0.2) is 0 Å². The molecular formula is C15H28N2. The fraction of sp³-hybridized carbons (Fsp3) is 1.00. The van der Waals surface area contributed by atoms with Crippen LogP contribution in [-0.4, -0.2) is 37.1 Å². The van der Waals surface area contributed by atoms with Crippen molar-refractivity contribution >= 4 is 0 Å². The van der Waals surface area contributed by atoms with E-state index in [0.29, 0.717) is 0 Å². The first-order valence-corrected chi connectivity index (χ1v) is 7.69. The smallest absolute Gasteiger partial charge is 0.0152 e. The molecule has 2 atom stereocenters. The summed E-state index contributed by atoms with van der Waals surface area (Å²) in [7, 11) is 0. The lowest BCUT2D eigenvalue weighted by Crippen LogP contribution is -2.48. The standard InChI is InChI=1S/C15H28N2/c1-11-7-16-8-12(2)10-17(9-11)15(13-3-4-13)14-5-6-14/h11-16H,3-10H2,1-2H3. The van der Waals surface area contributed by atoms with Crippen LogP contribution in [-0.2, 0) is 0 Å². The lowest BCUT2D eigenvalue weighted by atomic mass is 9.99. The molecular weight excluding hydrogens is 208 g/mol. The molecule has 1 saturated heterocycles. The van der Waals surface area contributed by atoms with Crippen molar-refractivity contribution in [3.63, 3.8) is 0 Å². The maximum absolute atomic E-state index is 3.61. The zero-order valence-electron chi connectivity index (χ0n) is 11.5. The summed E-state index contributed by atoms with van der Waals surface area (Å²) in [6, 6.07) is 0.956. The van der Waals surface area contributed by atoms with Gasteiger partial charge < -0.3 is 5.32 Å². The van der Waals surface area contributed by atoms with Crippen molar-refractivity contribution in [1.29, 1.82) is 0 Å². The van der Waals surface area contributed by atoms with Gasteiger partial charge >= 0.3 is 0 Å². The maximum Gasteiger partial charge on any atom is 0.0152 e. The molecule has 1 aliphatic heterocycles. The number of rotatable bonds is 3. The van der Waals surface area contributed by atoms with E-state index in [-0.39, 0.29) is 0 Å². The Morgan fingerprint density at radius 2 is 1.35 bits per heavy atom. The minimum Gasteiger partial charge on any atom is -0.316 e. The highest BCUT2D eigenvalue weighted by atomic mass is 15.2. The van der Waals surface area contributed by atoms with Gasteiger partial charge in [0.15, 0.2) is 0 Å². The van der Waals surface area contributed by atoms with Crippen LogP contribution in [0.15, 0.2) is 0 Å². The van der Waals surface area contributed by atoms with E-state index in [1.165, 1.54) is 51.9 Å². The van der Waals surface area contributed by atoms with E-state index >= 15 is 0 Å². The molecule has 2 saturated carbocycles. The van der Waals surface area contributed by atoms with Gasteiger partial charge in [-0.05, 0) is 62.4 Å². The van der Waals surface area contributed by atoms with E-state index in [1.54, 1.807) is 0 Å². The van der Waals surface area contributed by atoms with Gasteiger partial charge in [0, 0.05) is 19.1 Å². The second-order valence-electron chi connectivity index (χ2n) is 6.99. The molecule has 0 aromatic carbocycles. The van der Waals surface area contributed by atoms with Crippen molar-refractivity contribution in [2.75, 3.05) is 26.2 Å². The molecule has 98 valence electrons. The summed E-state index contributed by atoms with van der Waals surface area (Å²) in [6.45, 7) is 9.90. The van der Waals surface area contributed by atoms with Gasteiger partial charge in [-0.3, -0.25) is 4.90 Å². The minimum atomic E-state index is 0.822. The van der Waals surface area contributed by atoms with E-state index in [1.807, 2.05) is 0 Å². The van der Waals surface area contributed by atoms with E-state index in [4.69, 9.17) is 0 Å². The zero-order valence-corrected chi connectivity index (χ0v) is 11.5. The molecule has 0 amide bonds. The summed E-state index contributed by atoms with van der Waals surface area (Å²) < 4.78 is 0. The first-order chi connectivity index (χ1) is 8.24. The molecule has 2 nitrogen and oxygen atoms in total. The third-order valence-electron chi connectivity index (χ3n) is 4.71. The summed E-state index contributed by atoms with van der Waals surface area (Å²) >= 11 is 0. The van der Waals surface area contributed by atoms with E-state index in [0.717, 1.165) is 29.7 Å². The molecule has 3 aliphatic rings. The zero-order chi connectivity index (χ0) is 11.8. The summed E-state index contributed by atoms with van der Waals surface area (Å²) in [5.74, 6) is 3.77. The van der Waals surface area contributed by atoms with Crippen LogP contribution in [0.3, 0.4) is 0 Å². The molecule has 3 fully saturated rings. The maximum atomic E-state index is 3.61. The molecule has 1 heterocycles. The Kier molecular flexibility index (Phi) is 3.45. The summed E-state index contributed by atoms with van der Waals surface area (Å²) in [5.41, 5.74) is 0. The minimum absolute atomic E-state index is 0.822. The van der Waals surface area contributed by atoms with Crippen LogP contribution in [0, 0.1) is 23.7 Å². The molecule has 17 heavy (non-hydrogen) atoms. The van der Waals surface area contributed by atoms with Gasteiger partial charge in [-0.2, -0.15) is 0 Å². The summed E-state index contributed by atoms with van der Waals surface area (Å²) in [6.07, 6.45) is 6.05. The van der Waals surface area contributed by atoms with Crippen LogP contribution in [0.25, 0.3) is 0 Å². The Morgan fingerprint density at radius 1 is 0.882 bits per heavy atom. The molecule has 0 aromatic rings. The Balaban J connectivity index is 1.67. The van der Waals surface area contributed by atoms with Crippen LogP contribution < -0.4 is 5.32 Å². The van der Waals surface area contributed by atoms with Crippen molar-refractivity contribution in [3.8, 4) is 0 Å². The first kappa shape index (κ1) is 12.0. The van der Waals surface area contributed by atoms with E-state index < -0.39 is 0 Å². The largest absolute Gasteiger partial charge is 0.316 e. The fourth-order valence-electron chi connectivity index (χ4n) is 3.68. The normalized spacial score (nSPS) is 36.9. The van der Waals surface area contributed by atoms with Gasteiger partial charge in [0.1, 0.15) is 0 Å². The molecule has 3 rings (SSSR count). The van der Waals surface area contributed by atoms with Gasteiger partial charge in [0.2, 0.25) is 0 Å². The topological polar surface area (TPSA) is 15.3 Å². The predicted molar refractivity (Wildman–Crippen MR) is 72.0 cm³/mol. The second-order valence-corrected chi connectivity index (χ2v) is 6.99. The second kappa shape index (κ2) is 4.89. The fourth-order valence-corrected chi connectivity index (χ4v) is 3.68. The van der Waals surface area contributed by atoms with Gasteiger partial charge in [-0.1, -0.05) is 13.8 Å². The predicted octanol–water partition coefficient (Wildman–Crippen LogP) is 2.35. The van der Waals surface area contributed by atoms with Gasteiger partial charge in [-0.15, -0.1) is 0 Å². The molecule has 2 heteroatoms. The highest BCUT2D eigenvalue weighted by molar-refractivity contribution is 4.98. The molecule has 1 N–H and O–H groups in total. The molecule has 0 bridgehead atoms. The van der Waals surface area contributed by atoms with Crippen molar-refractivity contribution in [2.45, 2.75) is 45.6 Å². The van der Waals surface area contributed by atoms with E-state index in [9.17, 15) is 0 Å². The van der Waals surface area contributed by atoms with Crippen molar-refractivity contribution in [3.05, 3.63) is 0 Å². The lowest BCUT2D eigenvalue weighted by Gasteiger charge is -2.38. The third-order valence-corrected chi connectivity index (χ3v) is 4.71. The van der Waals surface area contributed by atoms with Gasteiger partial charge in [0.25, 0.3) is 0 Å². The lowest BCUT2D eigenvalue weighted by molar-refractivity contribution is 0.105. The average molecular weight is 236 g/mol. The Labute approximate surface area is 106 Å². The van der Waals surface area contributed by atoms with Crippen LogP contribution in [0.5, 0.6) is 0 Å². The number of nitrogens with zero attached hydrogens (tertiary/aromatic N) is 1. The van der Waals surface area contributed by atoms with Gasteiger partial charge in [0.05, 0.1) is 0 Å². The average Bonchev–Trinajstić information content (AvgIpc) is 3.10. The van der Waals surface area contributed by atoms with E-state index in [2.05, 4.69) is 24.1 Å². The molecule has 0 aromatic heterocycles.